The summed E-state index contributed by atoms with van der Waals surface area (Å²) in [6.07, 6.45) is 4.27. The van der Waals surface area contributed by atoms with Crippen molar-refractivity contribution in [2.75, 3.05) is 119 Å². The zero-order valence-electron chi connectivity index (χ0n) is 27.6. The van der Waals surface area contributed by atoms with Gasteiger partial charge in [0.2, 0.25) is 11.8 Å². The Balaban J connectivity index is 1.42. The van der Waals surface area contributed by atoms with E-state index in [0.29, 0.717) is 45.7 Å². The van der Waals surface area contributed by atoms with E-state index in [0.717, 1.165) is 91.1 Å². The summed E-state index contributed by atoms with van der Waals surface area (Å²) in [4.78, 5) is 33.6. The minimum Gasteiger partial charge on any atom is -0.379 e. The van der Waals surface area contributed by atoms with Crippen LogP contribution in [0, 0.1) is 0 Å². The normalized spacial score (nSPS) is 17.4. The Labute approximate surface area is 255 Å². The molecular formula is C31H61N5O6. The third kappa shape index (κ3) is 15.9. The number of ether oxygens (including phenoxy) is 4. The molecule has 0 spiro atoms. The maximum atomic E-state index is 11.4. The van der Waals surface area contributed by atoms with Gasteiger partial charge in [-0.1, -0.05) is 0 Å². The van der Waals surface area contributed by atoms with Gasteiger partial charge >= 0.3 is 0 Å². The first kappa shape index (κ1) is 36.8. The first-order valence-electron chi connectivity index (χ1n) is 16.2. The summed E-state index contributed by atoms with van der Waals surface area (Å²) in [6, 6.07) is 0.446. The van der Waals surface area contributed by atoms with Gasteiger partial charge in [-0.15, -0.1) is 0 Å². The molecule has 42 heavy (non-hydrogen) atoms. The number of piperidine rings is 2. The third-order valence-electron chi connectivity index (χ3n) is 8.44. The molecule has 0 aliphatic carbocycles. The molecule has 11 nitrogen and oxygen atoms in total. The lowest BCUT2D eigenvalue weighted by Gasteiger charge is -2.31. The number of nitrogens with zero attached hydrogens (tertiary/aromatic N) is 5. The molecule has 0 bridgehead atoms. The van der Waals surface area contributed by atoms with Crippen LogP contribution in [0.2, 0.25) is 0 Å². The fourth-order valence-electron chi connectivity index (χ4n) is 5.29. The maximum Gasteiger partial charge on any atom is 0.219 e. The van der Waals surface area contributed by atoms with Gasteiger partial charge in [0.05, 0.1) is 51.8 Å². The predicted octanol–water partition coefficient (Wildman–Crippen LogP) is 1.65. The van der Waals surface area contributed by atoms with E-state index >= 15 is 0 Å². The topological polar surface area (TPSA) is 87.3 Å². The number of rotatable bonds is 21. The Morgan fingerprint density at radius 1 is 0.619 bits per heavy atom. The first-order valence-corrected chi connectivity index (χ1v) is 16.2. The Hall–Kier alpha value is -1.34. The predicted molar refractivity (Wildman–Crippen MR) is 166 cm³/mol. The van der Waals surface area contributed by atoms with Crippen molar-refractivity contribution in [1.29, 1.82) is 0 Å². The molecule has 11 heteroatoms. The lowest BCUT2D eigenvalue weighted by atomic mass is 10.1. The van der Waals surface area contributed by atoms with E-state index < -0.39 is 0 Å². The molecule has 2 amide bonds. The molecule has 0 aromatic heterocycles. The summed E-state index contributed by atoms with van der Waals surface area (Å²) < 4.78 is 23.9. The number of amides is 2. The molecule has 2 saturated heterocycles. The summed E-state index contributed by atoms with van der Waals surface area (Å²) in [6.45, 7) is 20.6. The molecule has 2 heterocycles. The van der Waals surface area contributed by atoms with Gasteiger partial charge < -0.3 is 38.5 Å². The Bertz CT molecular complexity index is 673. The first-order chi connectivity index (χ1) is 20.2. The summed E-state index contributed by atoms with van der Waals surface area (Å²) in [5.74, 6) is 0.325. The van der Waals surface area contributed by atoms with Crippen LogP contribution in [0.5, 0.6) is 0 Å². The summed E-state index contributed by atoms with van der Waals surface area (Å²) in [5.41, 5.74) is 0. The molecule has 2 aliphatic heterocycles. The third-order valence-corrected chi connectivity index (χ3v) is 8.44. The minimum absolute atomic E-state index is 0.162. The van der Waals surface area contributed by atoms with E-state index in [9.17, 15) is 9.59 Å². The van der Waals surface area contributed by atoms with Crippen molar-refractivity contribution < 1.29 is 28.5 Å². The number of likely N-dealkylation sites (N-methyl/N-ethyl adjacent to an activating group) is 2. The summed E-state index contributed by atoms with van der Waals surface area (Å²) in [7, 11) is 4.21. The molecule has 2 fully saturated rings. The minimum atomic E-state index is 0.162. The zero-order valence-corrected chi connectivity index (χ0v) is 27.6. The monoisotopic (exact) mass is 599 g/mol. The van der Waals surface area contributed by atoms with Crippen molar-refractivity contribution in [3.8, 4) is 0 Å². The Kier molecular flexibility index (Phi) is 18.8. The quantitative estimate of drug-likeness (QED) is 0.183. The van der Waals surface area contributed by atoms with Gasteiger partial charge in [-0.2, -0.15) is 0 Å². The Morgan fingerprint density at radius 3 is 1.29 bits per heavy atom. The summed E-state index contributed by atoms with van der Waals surface area (Å²) >= 11 is 0. The molecule has 246 valence electrons. The van der Waals surface area contributed by atoms with Crippen LogP contribution in [0.3, 0.4) is 0 Å². The van der Waals surface area contributed by atoms with E-state index in [1.165, 1.54) is 0 Å². The van der Waals surface area contributed by atoms with E-state index in [1.54, 1.807) is 13.8 Å². The SMILES string of the molecule is CC(=O)N1CCC(OCCN(C)CCOCCN(CCOCCN(C)CCOC2CCN(C(C)=O)CC2)C(C)C)CC1. The van der Waals surface area contributed by atoms with Crippen LogP contribution in [-0.4, -0.2) is 174 Å². The lowest BCUT2D eigenvalue weighted by molar-refractivity contribution is -0.132. The van der Waals surface area contributed by atoms with Crippen LogP contribution in [0.25, 0.3) is 0 Å². The standard InChI is InChI=1S/C31H61N5O6/c1-27(2)34(19-23-39-21-15-32(5)17-25-41-30-7-11-35(12-8-30)28(3)37)20-24-40-22-16-33(6)18-26-42-31-9-13-36(14-10-31)29(4)38/h27,30-31H,7-26H2,1-6H3. The van der Waals surface area contributed by atoms with Gasteiger partial charge in [0.1, 0.15) is 0 Å². The second-order valence-electron chi connectivity index (χ2n) is 12.1. The molecule has 0 aromatic carbocycles. The number of likely N-dealkylation sites (tertiary alicyclic amines) is 2. The van der Waals surface area contributed by atoms with Crippen LogP contribution in [-0.2, 0) is 28.5 Å². The highest BCUT2D eigenvalue weighted by molar-refractivity contribution is 5.73. The molecule has 0 N–H and O–H groups in total. The molecule has 0 aromatic rings. The number of hydrogen-bond acceptors (Lipinski definition) is 9. The maximum absolute atomic E-state index is 11.4. The molecule has 2 aliphatic rings. The van der Waals surface area contributed by atoms with E-state index in [1.807, 2.05) is 9.80 Å². The van der Waals surface area contributed by atoms with Crippen LogP contribution >= 0.6 is 0 Å². The largest absolute Gasteiger partial charge is 0.379 e. The van der Waals surface area contributed by atoms with Crippen molar-refractivity contribution in [1.82, 2.24) is 24.5 Å². The van der Waals surface area contributed by atoms with Gasteiger partial charge in [0.25, 0.3) is 0 Å². The highest BCUT2D eigenvalue weighted by Gasteiger charge is 2.22. The van der Waals surface area contributed by atoms with Crippen molar-refractivity contribution in [3.63, 3.8) is 0 Å². The molecule has 0 radical (unpaired) electrons. The van der Waals surface area contributed by atoms with Gasteiger partial charge in [0.15, 0.2) is 0 Å². The van der Waals surface area contributed by atoms with Gasteiger partial charge in [0, 0.05) is 85.3 Å². The molecular weight excluding hydrogens is 538 g/mol. The number of carbonyl (C=O) groups excluding carboxylic acids is 2. The van der Waals surface area contributed by atoms with Crippen molar-refractivity contribution in [2.24, 2.45) is 0 Å². The van der Waals surface area contributed by atoms with Crippen LogP contribution in [0.4, 0.5) is 0 Å². The van der Waals surface area contributed by atoms with Crippen molar-refractivity contribution >= 4 is 11.8 Å². The summed E-state index contributed by atoms with van der Waals surface area (Å²) in [5, 5.41) is 0. The van der Waals surface area contributed by atoms with Crippen LogP contribution in [0.15, 0.2) is 0 Å². The lowest BCUT2D eigenvalue weighted by Crippen LogP contribution is -2.40. The molecule has 0 atom stereocenters. The molecule has 0 unspecified atom stereocenters. The van der Waals surface area contributed by atoms with Gasteiger partial charge in [-0.25, -0.2) is 0 Å². The number of carbonyl (C=O) groups is 2. The Morgan fingerprint density at radius 2 is 0.952 bits per heavy atom. The second kappa shape index (κ2) is 21.4. The van der Waals surface area contributed by atoms with Crippen LogP contribution < -0.4 is 0 Å². The second-order valence-corrected chi connectivity index (χ2v) is 12.1. The zero-order chi connectivity index (χ0) is 30.7. The van der Waals surface area contributed by atoms with E-state index in [-0.39, 0.29) is 24.0 Å². The molecule has 0 saturated carbocycles. The average molecular weight is 600 g/mol. The van der Waals surface area contributed by atoms with E-state index in [2.05, 4.69) is 42.6 Å². The highest BCUT2D eigenvalue weighted by Crippen LogP contribution is 2.14. The van der Waals surface area contributed by atoms with E-state index in [4.69, 9.17) is 18.9 Å². The number of hydrogen-bond donors (Lipinski definition) is 0. The van der Waals surface area contributed by atoms with Crippen molar-refractivity contribution in [3.05, 3.63) is 0 Å². The highest BCUT2D eigenvalue weighted by atomic mass is 16.5. The average Bonchev–Trinajstić information content (AvgIpc) is 2.96. The van der Waals surface area contributed by atoms with Crippen molar-refractivity contribution in [2.45, 2.75) is 71.6 Å². The van der Waals surface area contributed by atoms with Crippen LogP contribution in [0.1, 0.15) is 53.4 Å². The fourth-order valence-corrected chi connectivity index (χ4v) is 5.29. The fraction of sp³-hybridized carbons (Fsp3) is 0.935. The van der Waals surface area contributed by atoms with Gasteiger partial charge in [-0.05, 0) is 53.6 Å². The smallest absolute Gasteiger partial charge is 0.219 e. The van der Waals surface area contributed by atoms with Gasteiger partial charge in [-0.3, -0.25) is 14.5 Å². The molecule has 2 rings (SSSR count).